The summed E-state index contributed by atoms with van der Waals surface area (Å²) in [6, 6.07) is 3.97. The summed E-state index contributed by atoms with van der Waals surface area (Å²) in [5.41, 5.74) is 0.724. The SMILES string of the molecule is CCCn1cccc1C(=O)N(CCO)C(CC)CC. The maximum Gasteiger partial charge on any atom is 0.270 e. The molecule has 1 aromatic rings. The van der Waals surface area contributed by atoms with Crippen molar-refractivity contribution in [2.75, 3.05) is 13.2 Å². The second-order valence-corrected chi connectivity index (χ2v) is 4.78. The van der Waals surface area contributed by atoms with Crippen molar-refractivity contribution in [3.05, 3.63) is 24.0 Å². The lowest BCUT2D eigenvalue weighted by atomic mass is 10.1. The summed E-state index contributed by atoms with van der Waals surface area (Å²) in [6.07, 6.45) is 4.77. The molecule has 4 nitrogen and oxygen atoms in total. The molecule has 0 saturated carbocycles. The van der Waals surface area contributed by atoms with E-state index in [2.05, 4.69) is 20.8 Å². The number of carbonyl (C=O) groups excluding carboxylic acids is 1. The molecule has 0 aliphatic rings. The van der Waals surface area contributed by atoms with Crippen molar-refractivity contribution in [1.29, 1.82) is 0 Å². The molecule has 1 amide bonds. The maximum atomic E-state index is 12.6. The van der Waals surface area contributed by atoms with Crippen LogP contribution < -0.4 is 0 Å². The standard InChI is InChI=1S/C15H26N2O2/c1-4-9-16-10-7-8-14(16)15(19)17(11-12-18)13(5-2)6-3/h7-8,10,13,18H,4-6,9,11-12H2,1-3H3. The van der Waals surface area contributed by atoms with Gasteiger partial charge in [0.1, 0.15) is 5.69 Å². The van der Waals surface area contributed by atoms with Gasteiger partial charge in [-0.2, -0.15) is 0 Å². The van der Waals surface area contributed by atoms with Crippen LogP contribution in [0, 0.1) is 0 Å². The van der Waals surface area contributed by atoms with E-state index in [4.69, 9.17) is 0 Å². The van der Waals surface area contributed by atoms with Crippen molar-refractivity contribution in [2.45, 2.75) is 52.6 Å². The molecule has 108 valence electrons. The van der Waals surface area contributed by atoms with E-state index in [1.54, 1.807) is 0 Å². The van der Waals surface area contributed by atoms with Crippen molar-refractivity contribution in [3.63, 3.8) is 0 Å². The Labute approximate surface area is 116 Å². The summed E-state index contributed by atoms with van der Waals surface area (Å²) in [4.78, 5) is 14.5. The highest BCUT2D eigenvalue weighted by molar-refractivity contribution is 5.93. The van der Waals surface area contributed by atoms with Gasteiger partial charge in [-0.1, -0.05) is 20.8 Å². The monoisotopic (exact) mass is 266 g/mol. The van der Waals surface area contributed by atoms with E-state index in [1.807, 2.05) is 27.8 Å². The molecule has 0 saturated heterocycles. The molecule has 0 aliphatic heterocycles. The molecule has 0 radical (unpaired) electrons. The van der Waals surface area contributed by atoms with Crippen molar-refractivity contribution < 1.29 is 9.90 Å². The summed E-state index contributed by atoms with van der Waals surface area (Å²) in [6.45, 7) is 7.53. The normalized spacial score (nSPS) is 11.0. The molecule has 0 aliphatic carbocycles. The second kappa shape index (κ2) is 8.00. The van der Waals surface area contributed by atoms with Crippen LogP contribution in [0.25, 0.3) is 0 Å². The van der Waals surface area contributed by atoms with Gasteiger partial charge in [-0.3, -0.25) is 4.79 Å². The predicted octanol–water partition coefficient (Wildman–Crippen LogP) is 2.52. The number of carbonyl (C=O) groups is 1. The molecule has 0 atom stereocenters. The number of aromatic nitrogens is 1. The Hall–Kier alpha value is -1.29. The quantitative estimate of drug-likeness (QED) is 0.786. The van der Waals surface area contributed by atoms with Crippen LogP contribution in [0.4, 0.5) is 0 Å². The van der Waals surface area contributed by atoms with Crippen LogP contribution in [0.5, 0.6) is 0 Å². The number of amides is 1. The highest BCUT2D eigenvalue weighted by Gasteiger charge is 2.23. The minimum Gasteiger partial charge on any atom is -0.395 e. The smallest absolute Gasteiger partial charge is 0.270 e. The number of aryl methyl sites for hydroxylation is 1. The van der Waals surface area contributed by atoms with Crippen molar-refractivity contribution in [1.82, 2.24) is 9.47 Å². The van der Waals surface area contributed by atoms with Gasteiger partial charge in [-0.25, -0.2) is 0 Å². The molecule has 4 heteroatoms. The van der Waals surface area contributed by atoms with Crippen molar-refractivity contribution in [2.24, 2.45) is 0 Å². The van der Waals surface area contributed by atoms with Crippen LogP contribution in [-0.2, 0) is 6.54 Å². The molecule has 0 aromatic carbocycles. The molecule has 1 rings (SSSR count). The first-order valence-electron chi connectivity index (χ1n) is 7.26. The van der Waals surface area contributed by atoms with Gasteiger partial charge in [0.25, 0.3) is 5.91 Å². The third-order valence-corrected chi connectivity index (χ3v) is 3.50. The van der Waals surface area contributed by atoms with Gasteiger partial charge >= 0.3 is 0 Å². The number of nitrogens with zero attached hydrogens (tertiary/aromatic N) is 2. The second-order valence-electron chi connectivity index (χ2n) is 4.78. The van der Waals surface area contributed by atoms with Crippen molar-refractivity contribution >= 4 is 5.91 Å². The van der Waals surface area contributed by atoms with Crippen LogP contribution in [0.15, 0.2) is 18.3 Å². The Bertz CT molecular complexity index is 383. The Morgan fingerprint density at radius 2 is 2.05 bits per heavy atom. The van der Waals surface area contributed by atoms with Gasteiger partial charge in [0, 0.05) is 25.3 Å². The minimum absolute atomic E-state index is 0.0106. The fourth-order valence-electron chi connectivity index (χ4n) is 2.48. The lowest BCUT2D eigenvalue weighted by molar-refractivity contribution is 0.0611. The molecule has 19 heavy (non-hydrogen) atoms. The predicted molar refractivity (Wildman–Crippen MR) is 77.2 cm³/mol. The highest BCUT2D eigenvalue weighted by atomic mass is 16.3. The third kappa shape index (κ3) is 3.83. The molecule has 0 bridgehead atoms. The number of rotatable bonds is 8. The van der Waals surface area contributed by atoms with E-state index in [1.165, 1.54) is 0 Å². The number of hydrogen-bond donors (Lipinski definition) is 1. The summed E-state index contributed by atoms with van der Waals surface area (Å²) in [5, 5.41) is 9.19. The Kier molecular flexibility index (Phi) is 6.64. The zero-order valence-electron chi connectivity index (χ0n) is 12.3. The summed E-state index contributed by atoms with van der Waals surface area (Å²) < 4.78 is 2.00. The molecular formula is C15H26N2O2. The van der Waals surface area contributed by atoms with Crippen LogP contribution >= 0.6 is 0 Å². The van der Waals surface area contributed by atoms with Crippen LogP contribution in [0.3, 0.4) is 0 Å². The largest absolute Gasteiger partial charge is 0.395 e. The Morgan fingerprint density at radius 1 is 1.37 bits per heavy atom. The number of aliphatic hydroxyl groups excluding tert-OH is 1. The average molecular weight is 266 g/mol. The van der Waals surface area contributed by atoms with E-state index in [0.717, 1.165) is 31.5 Å². The first-order valence-corrected chi connectivity index (χ1v) is 7.26. The molecule has 0 fully saturated rings. The van der Waals surface area contributed by atoms with Crippen molar-refractivity contribution in [3.8, 4) is 0 Å². The number of aliphatic hydroxyl groups is 1. The molecule has 1 heterocycles. The van der Waals surface area contributed by atoms with Gasteiger partial charge in [0.15, 0.2) is 0 Å². The molecular weight excluding hydrogens is 240 g/mol. The lowest BCUT2D eigenvalue weighted by Gasteiger charge is -2.30. The fourth-order valence-corrected chi connectivity index (χ4v) is 2.48. The summed E-state index contributed by atoms with van der Waals surface area (Å²) in [7, 11) is 0. The first kappa shape index (κ1) is 15.8. The highest BCUT2D eigenvalue weighted by Crippen LogP contribution is 2.14. The lowest BCUT2D eigenvalue weighted by Crippen LogP contribution is -2.42. The molecule has 0 unspecified atom stereocenters. The van der Waals surface area contributed by atoms with Gasteiger partial charge in [-0.05, 0) is 31.4 Å². The molecule has 1 aromatic heterocycles. The maximum absolute atomic E-state index is 12.6. The third-order valence-electron chi connectivity index (χ3n) is 3.50. The van der Waals surface area contributed by atoms with E-state index in [0.29, 0.717) is 6.54 Å². The van der Waals surface area contributed by atoms with Gasteiger partial charge < -0.3 is 14.6 Å². The topological polar surface area (TPSA) is 45.5 Å². The van der Waals surface area contributed by atoms with Gasteiger partial charge in [-0.15, -0.1) is 0 Å². The van der Waals surface area contributed by atoms with Gasteiger partial charge in [0.05, 0.1) is 6.61 Å². The van der Waals surface area contributed by atoms with Gasteiger partial charge in [0.2, 0.25) is 0 Å². The number of hydrogen-bond acceptors (Lipinski definition) is 2. The molecule has 1 N–H and O–H groups in total. The van der Waals surface area contributed by atoms with E-state index in [-0.39, 0.29) is 18.6 Å². The fraction of sp³-hybridized carbons (Fsp3) is 0.667. The Balaban J connectivity index is 2.94. The summed E-state index contributed by atoms with van der Waals surface area (Å²) >= 11 is 0. The van der Waals surface area contributed by atoms with E-state index < -0.39 is 0 Å². The Morgan fingerprint density at radius 3 is 2.58 bits per heavy atom. The first-order chi connectivity index (χ1) is 9.19. The summed E-state index contributed by atoms with van der Waals surface area (Å²) in [5.74, 6) is 0.0289. The average Bonchev–Trinajstić information content (AvgIpc) is 2.87. The van der Waals surface area contributed by atoms with Crippen LogP contribution in [-0.4, -0.2) is 39.7 Å². The molecule has 0 spiro atoms. The van der Waals surface area contributed by atoms with Crippen LogP contribution in [0.2, 0.25) is 0 Å². The minimum atomic E-state index is 0.0106. The zero-order chi connectivity index (χ0) is 14.3. The van der Waals surface area contributed by atoms with E-state index >= 15 is 0 Å². The van der Waals surface area contributed by atoms with Crippen LogP contribution in [0.1, 0.15) is 50.5 Å². The zero-order valence-corrected chi connectivity index (χ0v) is 12.3. The van der Waals surface area contributed by atoms with E-state index in [9.17, 15) is 9.90 Å².